The van der Waals surface area contributed by atoms with Gasteiger partial charge >= 0.3 is 0 Å². The molecule has 0 atom stereocenters. The lowest BCUT2D eigenvalue weighted by Crippen LogP contribution is -2.10. The minimum Gasteiger partial charge on any atom is -0.456 e. The molecule has 3 heterocycles. The van der Waals surface area contributed by atoms with E-state index in [-0.39, 0.29) is 0 Å². The van der Waals surface area contributed by atoms with E-state index >= 15 is 0 Å². The molecule has 115 heavy (non-hydrogen) atoms. The maximum absolute atomic E-state index is 6.37. The van der Waals surface area contributed by atoms with Crippen LogP contribution in [0.25, 0.3) is 118 Å². The number of para-hydroxylation sites is 3. The number of benzene rings is 18. The van der Waals surface area contributed by atoms with Crippen LogP contribution in [0.1, 0.15) is 0 Å². The van der Waals surface area contributed by atoms with Crippen LogP contribution < -0.4 is 19.6 Å². The van der Waals surface area contributed by atoms with Gasteiger partial charge in [-0.05, 0) is 225 Å². The third-order valence-electron chi connectivity index (χ3n) is 21.8. The van der Waals surface area contributed by atoms with E-state index in [0.717, 1.165) is 101 Å². The molecule has 0 fully saturated rings. The number of rotatable bonds is 17. The average Bonchev–Trinajstić information content (AvgIpc) is 1.70. The standard InChI is InChI=1S/C60H42N2O.C48H32N2S2/c1-4-12-43(13-5-1)46-20-30-51(31-21-46)61(52-32-22-47(23-33-52)44-14-6-2-7-15-44)53-34-26-49(27-35-53)50-28-38-55(39-29-50)62(54-36-24-48(25-37-54)45-16-8-3-9-17-45)56-40-41-58-57-18-10-11-19-59(57)63-60(58)42-56;1-3-11-35(12-4-1)49(39-28-30-47-44(31-39)42-16-8-10-18-46(42)51-47)37-23-19-33(20-24-37)34-21-25-38(26-22-34)50(36-13-5-2-6-14-36)40-27-29-43-41-15-7-9-17-45(41)52-48(43)32-40/h1-42H;1-32H. The first-order valence-electron chi connectivity index (χ1n) is 38.9. The summed E-state index contributed by atoms with van der Waals surface area (Å²) >= 11 is 3.71. The number of anilines is 12. The van der Waals surface area contributed by atoms with E-state index in [1.807, 2.05) is 34.8 Å². The van der Waals surface area contributed by atoms with Gasteiger partial charge in [0.05, 0.1) is 0 Å². The summed E-state index contributed by atoms with van der Waals surface area (Å²) < 4.78 is 11.6. The zero-order chi connectivity index (χ0) is 76.4. The van der Waals surface area contributed by atoms with Crippen LogP contribution in [-0.4, -0.2) is 0 Å². The van der Waals surface area contributed by atoms with E-state index in [4.69, 9.17) is 4.42 Å². The van der Waals surface area contributed by atoms with Crippen LogP contribution in [0, 0.1) is 0 Å². The molecule has 0 saturated carbocycles. The first-order chi connectivity index (χ1) is 57.0. The lowest BCUT2D eigenvalue weighted by molar-refractivity contribution is 0.669. The molecule has 5 nitrogen and oxygen atoms in total. The Bertz CT molecular complexity index is 6880. The highest BCUT2D eigenvalue weighted by Crippen LogP contribution is 2.47. The van der Waals surface area contributed by atoms with E-state index < -0.39 is 0 Å². The molecule has 18 aromatic carbocycles. The fourth-order valence-corrected chi connectivity index (χ4v) is 18.2. The Balaban J connectivity index is 0.000000151. The second-order valence-corrected chi connectivity index (χ2v) is 30.9. The smallest absolute Gasteiger partial charge is 0.137 e. The SMILES string of the molecule is c1ccc(-c2ccc(N(c3ccc(-c4ccccc4)cc3)c3ccc(-c4ccc(N(c5ccc(-c6ccccc6)cc5)c5ccc6c(c5)oc5ccccc56)cc4)cc3)cc2)cc1.c1ccc(N(c2ccc(-c3ccc(N(c4ccccc4)c4ccc5sc6ccccc6c5c4)cc3)cc2)c2ccc3c(c2)sc2ccccc23)cc1. The van der Waals surface area contributed by atoms with E-state index in [1.54, 1.807) is 0 Å². The maximum Gasteiger partial charge on any atom is 0.137 e. The lowest BCUT2D eigenvalue weighted by atomic mass is 10.0. The zero-order valence-corrected chi connectivity index (χ0v) is 64.4. The van der Waals surface area contributed by atoms with Gasteiger partial charge in [-0.25, -0.2) is 0 Å². The number of nitrogens with zero attached hydrogens (tertiary/aromatic N) is 4. The number of thiophene rings is 2. The summed E-state index contributed by atoms with van der Waals surface area (Å²) in [5, 5.41) is 7.46. The summed E-state index contributed by atoms with van der Waals surface area (Å²) in [6.07, 6.45) is 0. The van der Waals surface area contributed by atoms with Gasteiger partial charge in [-0.1, -0.05) is 273 Å². The Labute approximate surface area is 676 Å². The molecule has 0 bridgehead atoms. The number of fused-ring (bicyclic) bond motifs is 9. The predicted octanol–water partition coefficient (Wildman–Crippen LogP) is 32.2. The molecule has 7 heteroatoms. The zero-order valence-electron chi connectivity index (χ0n) is 62.7. The molecule has 0 unspecified atom stereocenters. The van der Waals surface area contributed by atoms with Gasteiger partial charge in [-0.2, -0.15) is 0 Å². The highest BCUT2D eigenvalue weighted by molar-refractivity contribution is 7.26. The largest absolute Gasteiger partial charge is 0.456 e. The molecule has 3 aromatic heterocycles. The molecular weight excluding hydrogens is 1430 g/mol. The molecule has 0 N–H and O–H groups in total. The average molecular weight is 1510 g/mol. The minimum atomic E-state index is 0.865. The van der Waals surface area contributed by atoms with Crippen molar-refractivity contribution in [3.63, 3.8) is 0 Å². The molecule has 0 radical (unpaired) electrons. The van der Waals surface area contributed by atoms with Gasteiger partial charge in [0.25, 0.3) is 0 Å². The van der Waals surface area contributed by atoms with Crippen molar-refractivity contribution in [1.82, 2.24) is 0 Å². The molecule has 544 valence electrons. The van der Waals surface area contributed by atoms with Crippen LogP contribution in [0.2, 0.25) is 0 Å². The molecular formula is C108H74N4OS2. The van der Waals surface area contributed by atoms with E-state index in [9.17, 15) is 0 Å². The monoisotopic (exact) mass is 1510 g/mol. The normalized spacial score (nSPS) is 11.3. The van der Waals surface area contributed by atoms with Crippen molar-refractivity contribution in [2.24, 2.45) is 0 Å². The summed E-state index contributed by atoms with van der Waals surface area (Å²) in [5.74, 6) is 0. The van der Waals surface area contributed by atoms with Crippen molar-refractivity contribution < 1.29 is 4.42 Å². The Morgan fingerprint density at radius 3 is 0.765 bits per heavy atom. The summed E-state index contributed by atoms with van der Waals surface area (Å²) in [7, 11) is 0. The minimum absolute atomic E-state index is 0.865. The third-order valence-corrected chi connectivity index (χ3v) is 24.0. The van der Waals surface area contributed by atoms with Gasteiger partial charge in [0.1, 0.15) is 11.2 Å². The van der Waals surface area contributed by atoms with Crippen LogP contribution in [0.3, 0.4) is 0 Å². The van der Waals surface area contributed by atoms with Crippen LogP contribution >= 0.6 is 22.7 Å². The first-order valence-corrected chi connectivity index (χ1v) is 40.5. The molecule has 0 aliphatic carbocycles. The number of furan rings is 1. The number of hydrogen-bond donors (Lipinski definition) is 0. The van der Waals surface area contributed by atoms with E-state index in [0.29, 0.717) is 0 Å². The molecule has 21 rings (SSSR count). The Morgan fingerprint density at radius 2 is 0.374 bits per heavy atom. The van der Waals surface area contributed by atoms with Crippen molar-refractivity contribution in [3.05, 3.63) is 449 Å². The van der Waals surface area contributed by atoms with E-state index in [1.165, 1.54) is 84.9 Å². The lowest BCUT2D eigenvalue weighted by Gasteiger charge is -2.26. The van der Waals surface area contributed by atoms with Crippen molar-refractivity contribution in [2.75, 3.05) is 19.6 Å². The van der Waals surface area contributed by atoms with Crippen LogP contribution in [0.5, 0.6) is 0 Å². The molecule has 0 aliphatic rings. The summed E-state index contributed by atoms with van der Waals surface area (Å²) in [5.41, 5.74) is 26.8. The molecule has 0 spiro atoms. The van der Waals surface area contributed by atoms with Crippen LogP contribution in [0.4, 0.5) is 68.2 Å². The molecule has 0 aliphatic heterocycles. The van der Waals surface area contributed by atoms with Crippen molar-refractivity contribution in [2.45, 2.75) is 0 Å². The first kappa shape index (κ1) is 69.6. The highest BCUT2D eigenvalue weighted by Gasteiger charge is 2.22. The maximum atomic E-state index is 6.37. The Hall–Kier alpha value is -14.6. The van der Waals surface area contributed by atoms with Crippen molar-refractivity contribution in [1.29, 1.82) is 0 Å². The predicted molar refractivity (Wildman–Crippen MR) is 492 cm³/mol. The van der Waals surface area contributed by atoms with Gasteiger partial charge < -0.3 is 24.0 Å². The number of hydrogen-bond acceptors (Lipinski definition) is 7. The van der Waals surface area contributed by atoms with Gasteiger partial charge in [-0.15, -0.1) is 22.7 Å². The summed E-state index contributed by atoms with van der Waals surface area (Å²) in [6, 6.07) is 161. The van der Waals surface area contributed by atoms with Crippen LogP contribution in [-0.2, 0) is 0 Å². The quantitative estimate of drug-likeness (QED) is 0.0905. The third kappa shape index (κ3) is 14.0. The van der Waals surface area contributed by atoms with Gasteiger partial charge in [0.15, 0.2) is 0 Å². The second-order valence-electron chi connectivity index (χ2n) is 28.8. The van der Waals surface area contributed by atoms with Gasteiger partial charge in [-0.3, -0.25) is 0 Å². The topological polar surface area (TPSA) is 26.1 Å². The molecule has 21 aromatic rings. The van der Waals surface area contributed by atoms with Gasteiger partial charge in [0, 0.05) is 125 Å². The van der Waals surface area contributed by atoms with Gasteiger partial charge in [0.2, 0.25) is 0 Å². The van der Waals surface area contributed by atoms with Crippen molar-refractivity contribution in [3.8, 4) is 55.6 Å². The van der Waals surface area contributed by atoms with E-state index in [2.05, 4.69) is 456 Å². The molecule has 0 amide bonds. The Kier molecular flexibility index (Phi) is 18.7. The Morgan fingerprint density at radius 1 is 0.139 bits per heavy atom. The summed E-state index contributed by atoms with van der Waals surface area (Å²) in [4.78, 5) is 9.33. The highest BCUT2D eigenvalue weighted by atomic mass is 32.1. The molecule has 0 saturated heterocycles. The van der Waals surface area contributed by atoms with Crippen molar-refractivity contribution >= 4 is 153 Å². The fourth-order valence-electron chi connectivity index (χ4n) is 16.0. The second kappa shape index (κ2) is 30.9. The fraction of sp³-hybridized carbons (Fsp3) is 0. The summed E-state index contributed by atoms with van der Waals surface area (Å²) in [6.45, 7) is 0. The van der Waals surface area contributed by atoms with Crippen LogP contribution in [0.15, 0.2) is 453 Å².